The van der Waals surface area contributed by atoms with Gasteiger partial charge in [0.25, 0.3) is 0 Å². The number of hydrogen-bond acceptors (Lipinski definition) is 8. The number of Topliss-reactive ketones (excluding diaryl/α,β-unsaturated/α-hetero) is 1. The largest absolute Gasteiger partial charge is 0.511 e. The van der Waals surface area contributed by atoms with Crippen molar-refractivity contribution in [3.8, 4) is 11.3 Å². The zero-order chi connectivity index (χ0) is 35.6. The smallest absolute Gasteiger partial charge is 0.434 e. The number of hydrogen-bond donors (Lipinski definition) is 1. The van der Waals surface area contributed by atoms with Gasteiger partial charge in [-0.3, -0.25) is 9.48 Å². The summed E-state index contributed by atoms with van der Waals surface area (Å²) in [4.78, 5) is 29.6. The first-order chi connectivity index (χ1) is 22.0. The third-order valence-corrected chi connectivity index (χ3v) is 9.01. The van der Waals surface area contributed by atoms with Crippen molar-refractivity contribution in [2.24, 2.45) is 18.1 Å². The quantitative estimate of drug-likeness (QED) is 0.0993. The van der Waals surface area contributed by atoms with Gasteiger partial charge in [-0.2, -0.15) is 30.0 Å². The summed E-state index contributed by atoms with van der Waals surface area (Å²) in [5.74, 6) is -0.212. The molecular formula is C32H41BrClF4N3O5S. The molecule has 0 bridgehead atoms. The highest BCUT2D eigenvalue weighted by molar-refractivity contribution is 9.10. The number of carbonyl (C=O) groups excluding carboxylic acids is 2. The number of aliphatic hydroxyl groups excluding tert-OH is 1. The van der Waals surface area contributed by atoms with E-state index < -0.39 is 34.2 Å². The molecule has 0 saturated heterocycles. The van der Waals surface area contributed by atoms with E-state index in [0.717, 1.165) is 37.8 Å². The van der Waals surface area contributed by atoms with E-state index in [1.165, 1.54) is 0 Å². The van der Waals surface area contributed by atoms with Crippen LogP contribution < -0.4 is 0 Å². The number of aryl methyl sites for hydroxylation is 1. The number of aliphatic hydroxyl groups is 1. The van der Waals surface area contributed by atoms with E-state index in [0.29, 0.717) is 47.1 Å². The molecule has 0 radical (unpaired) electrons. The van der Waals surface area contributed by atoms with Gasteiger partial charge >= 0.3 is 12.1 Å². The zero-order valence-electron chi connectivity index (χ0n) is 27.4. The molecule has 1 aliphatic carbocycles. The number of thioether (sulfide) groups is 1. The average molecular weight is 771 g/mol. The Morgan fingerprint density at radius 2 is 1.89 bits per heavy atom. The second-order valence-electron chi connectivity index (χ2n) is 11.1. The van der Waals surface area contributed by atoms with Gasteiger partial charge in [0.15, 0.2) is 11.5 Å². The van der Waals surface area contributed by atoms with Crippen LogP contribution in [0.25, 0.3) is 11.3 Å². The number of allylic oxidation sites excluding steroid dienone is 2. The maximum absolute atomic E-state index is 14.3. The van der Waals surface area contributed by atoms with E-state index in [2.05, 4.69) is 40.0 Å². The minimum absolute atomic E-state index is 0.00866. The summed E-state index contributed by atoms with van der Waals surface area (Å²) in [6, 6.07) is 1.86. The fraction of sp³-hybridized carbons (Fsp3) is 0.562. The summed E-state index contributed by atoms with van der Waals surface area (Å²) < 4.78 is 58.6. The molecule has 47 heavy (non-hydrogen) atoms. The SMILES string of the molecule is CC(C)OC(=O)c1cc(-c2nn(C)c(C(F)(F)F)c2Br)c(F)cc1Cl.CCC/C(=N\OCC)C1=C(O)CC(CC(C)SCC)CC1=O. The van der Waals surface area contributed by atoms with E-state index in [1.54, 1.807) is 13.8 Å². The molecule has 2 aromatic rings. The molecule has 3 rings (SSSR count). The maximum Gasteiger partial charge on any atom is 0.434 e. The molecule has 0 saturated carbocycles. The molecule has 2 unspecified atom stereocenters. The molecule has 1 aromatic heterocycles. The Labute approximate surface area is 290 Å². The second-order valence-corrected chi connectivity index (χ2v) is 14.0. The Bertz CT molecular complexity index is 1480. The van der Waals surface area contributed by atoms with Crippen LogP contribution in [0.1, 0.15) is 89.7 Å². The molecule has 0 spiro atoms. The van der Waals surface area contributed by atoms with E-state index >= 15 is 0 Å². The molecule has 1 N–H and O–H groups in total. The molecule has 262 valence electrons. The number of esters is 1. The highest BCUT2D eigenvalue weighted by Crippen LogP contribution is 2.41. The van der Waals surface area contributed by atoms with Crippen molar-refractivity contribution < 1.29 is 41.8 Å². The van der Waals surface area contributed by atoms with Gasteiger partial charge < -0.3 is 14.7 Å². The summed E-state index contributed by atoms with van der Waals surface area (Å²) >= 11 is 10.6. The summed E-state index contributed by atoms with van der Waals surface area (Å²) in [5, 5.41) is 18.4. The van der Waals surface area contributed by atoms with Gasteiger partial charge in [-0.05, 0) is 73.3 Å². The van der Waals surface area contributed by atoms with Gasteiger partial charge in [0, 0.05) is 30.7 Å². The fourth-order valence-electron chi connectivity index (χ4n) is 5.03. The van der Waals surface area contributed by atoms with Crippen molar-refractivity contribution in [1.29, 1.82) is 0 Å². The Kier molecular flexibility index (Phi) is 15.8. The summed E-state index contributed by atoms with van der Waals surface area (Å²) in [6.45, 7) is 11.9. The van der Waals surface area contributed by atoms with Crippen molar-refractivity contribution in [1.82, 2.24) is 9.78 Å². The lowest BCUT2D eigenvalue weighted by molar-refractivity contribution is -0.144. The normalized spacial score (nSPS) is 16.3. The first kappa shape index (κ1) is 40.6. The van der Waals surface area contributed by atoms with Crippen LogP contribution in [0.15, 0.2) is 33.1 Å². The van der Waals surface area contributed by atoms with Crippen LogP contribution in [0.3, 0.4) is 0 Å². The van der Waals surface area contributed by atoms with Crippen molar-refractivity contribution in [2.75, 3.05) is 12.4 Å². The van der Waals surface area contributed by atoms with E-state index in [1.807, 2.05) is 25.6 Å². The predicted molar refractivity (Wildman–Crippen MR) is 180 cm³/mol. The monoisotopic (exact) mass is 769 g/mol. The first-order valence-electron chi connectivity index (χ1n) is 15.2. The molecule has 1 aliphatic rings. The van der Waals surface area contributed by atoms with E-state index in [9.17, 15) is 32.3 Å². The van der Waals surface area contributed by atoms with Gasteiger partial charge in [0.1, 0.15) is 23.9 Å². The van der Waals surface area contributed by atoms with Crippen LogP contribution in [0, 0.1) is 11.7 Å². The lowest BCUT2D eigenvalue weighted by Crippen LogP contribution is -2.26. The molecule has 15 heteroatoms. The Hall–Kier alpha value is -2.58. The number of carbonyl (C=O) groups is 2. The van der Waals surface area contributed by atoms with Crippen molar-refractivity contribution >= 4 is 56.8 Å². The van der Waals surface area contributed by atoms with Gasteiger partial charge in [-0.1, -0.05) is 43.9 Å². The topological polar surface area (TPSA) is 103 Å². The van der Waals surface area contributed by atoms with Gasteiger partial charge in [0.2, 0.25) is 0 Å². The Morgan fingerprint density at radius 3 is 2.40 bits per heavy atom. The number of benzene rings is 1. The van der Waals surface area contributed by atoms with E-state index in [4.69, 9.17) is 21.2 Å². The Morgan fingerprint density at radius 1 is 1.23 bits per heavy atom. The molecule has 8 nitrogen and oxygen atoms in total. The lowest BCUT2D eigenvalue weighted by atomic mass is 9.82. The molecule has 0 fully saturated rings. The molecule has 1 aromatic carbocycles. The zero-order valence-corrected chi connectivity index (χ0v) is 30.6. The summed E-state index contributed by atoms with van der Waals surface area (Å²) in [6.07, 6.45) is -1.58. The number of halogens is 6. The summed E-state index contributed by atoms with van der Waals surface area (Å²) in [7, 11) is 1.08. The standard InChI is InChI=1S/C17H29NO3S.C15H12BrClF4N2O2/c1-5-8-14(18-21-6-2)17-15(19)10-13(11-16(17)20)9-12(4)22-7-3;1-6(2)25-14(24)7-4-8(10(18)5-9(7)17)12-11(16)13(15(19,20)21)23(3)22-12/h12-13,19H,5-11H2,1-4H3;4-6H,1-3H3/b18-14+;. The predicted octanol–water partition coefficient (Wildman–Crippen LogP) is 9.73. The second kappa shape index (κ2) is 18.3. The highest BCUT2D eigenvalue weighted by atomic mass is 79.9. The van der Waals surface area contributed by atoms with Gasteiger partial charge in [-0.25, -0.2) is 9.18 Å². The van der Waals surface area contributed by atoms with E-state index in [-0.39, 0.29) is 39.3 Å². The minimum atomic E-state index is -4.69. The number of oxime groups is 1. The van der Waals surface area contributed by atoms with Crippen LogP contribution >= 0.6 is 39.3 Å². The van der Waals surface area contributed by atoms with Crippen molar-refractivity contribution in [3.05, 3.63) is 50.0 Å². The molecule has 1 heterocycles. The van der Waals surface area contributed by atoms with Crippen LogP contribution in [0.2, 0.25) is 5.02 Å². The molecule has 2 atom stereocenters. The number of nitrogens with zero attached hydrogens (tertiary/aromatic N) is 3. The minimum Gasteiger partial charge on any atom is -0.511 e. The van der Waals surface area contributed by atoms with Gasteiger partial charge in [0.05, 0.1) is 32.4 Å². The molecular weight excluding hydrogens is 730 g/mol. The number of ether oxygens (including phenoxy) is 1. The maximum atomic E-state index is 14.3. The van der Waals surface area contributed by atoms with Crippen molar-refractivity contribution in [2.45, 2.75) is 91.2 Å². The number of alkyl halides is 3. The fourth-order valence-corrected chi connectivity index (χ4v) is 7.01. The van der Waals surface area contributed by atoms with Crippen LogP contribution in [0.5, 0.6) is 0 Å². The highest BCUT2D eigenvalue weighted by Gasteiger charge is 2.39. The third kappa shape index (κ3) is 11.2. The number of aromatic nitrogens is 2. The Balaban J connectivity index is 0.000000330. The number of ketones is 1. The lowest BCUT2D eigenvalue weighted by Gasteiger charge is -2.25. The molecule has 0 aliphatic heterocycles. The first-order valence-corrected chi connectivity index (χ1v) is 17.4. The number of rotatable bonds is 12. The van der Waals surface area contributed by atoms with Crippen molar-refractivity contribution in [3.63, 3.8) is 0 Å². The average Bonchev–Trinajstić information content (AvgIpc) is 3.25. The molecule has 0 amide bonds. The van der Waals surface area contributed by atoms with Crippen LogP contribution in [0.4, 0.5) is 17.6 Å². The summed E-state index contributed by atoms with van der Waals surface area (Å²) in [5.41, 5.74) is -0.856. The van der Waals surface area contributed by atoms with Crippen LogP contribution in [-0.2, 0) is 27.6 Å². The van der Waals surface area contributed by atoms with Gasteiger partial charge in [-0.15, -0.1) is 0 Å². The van der Waals surface area contributed by atoms with Crippen LogP contribution in [-0.4, -0.2) is 56.1 Å². The third-order valence-electron chi connectivity index (χ3n) is 6.85.